The van der Waals surface area contributed by atoms with Gasteiger partial charge in [0.1, 0.15) is 0 Å². The van der Waals surface area contributed by atoms with Crippen LogP contribution in [0.4, 0.5) is 10.5 Å². The van der Waals surface area contributed by atoms with Gasteiger partial charge in [0.05, 0.1) is 10.7 Å². The molecular weight excluding hydrogens is 298 g/mol. The Morgan fingerprint density at radius 3 is 2.45 bits per heavy atom. The van der Waals surface area contributed by atoms with Gasteiger partial charge in [0, 0.05) is 25.2 Å². The second kappa shape index (κ2) is 7.34. The van der Waals surface area contributed by atoms with Crippen LogP contribution in [-0.2, 0) is 0 Å². The normalized spacial score (nSPS) is 21.0. The molecule has 1 aliphatic heterocycles. The van der Waals surface area contributed by atoms with E-state index in [1.165, 1.54) is 25.7 Å². The van der Waals surface area contributed by atoms with E-state index in [0.29, 0.717) is 10.7 Å². The number of amides is 2. The lowest BCUT2D eigenvalue weighted by atomic mass is 10.0. The van der Waals surface area contributed by atoms with Gasteiger partial charge in [-0.1, -0.05) is 36.6 Å². The van der Waals surface area contributed by atoms with Crippen LogP contribution in [0.5, 0.6) is 0 Å². The molecule has 1 aromatic rings. The fourth-order valence-electron chi connectivity index (χ4n) is 3.58. The van der Waals surface area contributed by atoms with Crippen LogP contribution in [-0.4, -0.2) is 36.1 Å². The van der Waals surface area contributed by atoms with Crippen LogP contribution in [0.1, 0.15) is 38.5 Å². The van der Waals surface area contributed by atoms with Gasteiger partial charge in [0.15, 0.2) is 0 Å². The van der Waals surface area contributed by atoms with Gasteiger partial charge in [-0.2, -0.15) is 0 Å². The first-order chi connectivity index (χ1) is 10.7. The summed E-state index contributed by atoms with van der Waals surface area (Å²) in [6.45, 7) is 2.20. The molecule has 1 aliphatic carbocycles. The van der Waals surface area contributed by atoms with Crippen LogP contribution in [0, 0.1) is 0 Å². The van der Waals surface area contributed by atoms with Crippen molar-refractivity contribution in [3.63, 3.8) is 0 Å². The summed E-state index contributed by atoms with van der Waals surface area (Å²) >= 11 is 6.05. The maximum Gasteiger partial charge on any atom is 0.319 e. The molecule has 2 amide bonds. The first kappa shape index (κ1) is 15.6. The lowest BCUT2D eigenvalue weighted by Gasteiger charge is -2.36. The maximum atomic E-state index is 12.1. The Hall–Kier alpha value is -1.26. The number of urea groups is 1. The molecule has 3 rings (SSSR count). The molecule has 120 valence electrons. The monoisotopic (exact) mass is 321 g/mol. The highest BCUT2D eigenvalue weighted by molar-refractivity contribution is 6.33. The van der Waals surface area contributed by atoms with Crippen molar-refractivity contribution in [3.05, 3.63) is 29.3 Å². The molecule has 0 spiro atoms. The number of hydrogen-bond acceptors (Lipinski definition) is 2. The molecule has 0 bridgehead atoms. The van der Waals surface area contributed by atoms with E-state index < -0.39 is 0 Å². The first-order valence-corrected chi connectivity index (χ1v) is 8.66. The standard InChI is InChI=1S/C17H24ClN3O/c18-15-7-3-4-8-16(15)20-17(22)19-13-9-11-21(12-10-13)14-5-1-2-6-14/h3-4,7-8,13-14H,1-2,5-6,9-12H2,(H2,19,20,22). The summed E-state index contributed by atoms with van der Waals surface area (Å²) in [6.07, 6.45) is 7.53. The fourth-order valence-corrected chi connectivity index (χ4v) is 3.77. The number of nitrogens with one attached hydrogen (secondary N) is 2. The van der Waals surface area contributed by atoms with E-state index in [1.54, 1.807) is 6.07 Å². The Kier molecular flexibility index (Phi) is 5.21. The van der Waals surface area contributed by atoms with E-state index in [1.807, 2.05) is 18.2 Å². The van der Waals surface area contributed by atoms with Crippen molar-refractivity contribution in [2.24, 2.45) is 0 Å². The maximum absolute atomic E-state index is 12.1. The van der Waals surface area contributed by atoms with E-state index in [9.17, 15) is 4.79 Å². The average molecular weight is 322 g/mol. The SMILES string of the molecule is O=C(Nc1ccccc1Cl)NC1CCN(C2CCCC2)CC1. The van der Waals surface area contributed by atoms with E-state index in [4.69, 9.17) is 11.6 Å². The number of anilines is 1. The van der Waals surface area contributed by atoms with E-state index in [2.05, 4.69) is 15.5 Å². The summed E-state index contributed by atoms with van der Waals surface area (Å²) in [4.78, 5) is 14.7. The van der Waals surface area contributed by atoms with Gasteiger partial charge in [-0.15, -0.1) is 0 Å². The molecular formula is C17H24ClN3O. The fraction of sp³-hybridized carbons (Fsp3) is 0.588. The molecule has 1 aromatic carbocycles. The van der Waals surface area contributed by atoms with Gasteiger partial charge < -0.3 is 15.5 Å². The third kappa shape index (κ3) is 3.93. The second-order valence-electron chi connectivity index (χ2n) is 6.33. The Morgan fingerprint density at radius 1 is 1.09 bits per heavy atom. The van der Waals surface area contributed by atoms with Gasteiger partial charge in [0.2, 0.25) is 0 Å². The lowest BCUT2D eigenvalue weighted by Crippen LogP contribution is -2.48. The highest BCUT2D eigenvalue weighted by Crippen LogP contribution is 2.26. The molecule has 1 saturated carbocycles. The van der Waals surface area contributed by atoms with Crippen molar-refractivity contribution < 1.29 is 4.79 Å². The Balaban J connectivity index is 1.44. The minimum atomic E-state index is -0.160. The summed E-state index contributed by atoms with van der Waals surface area (Å²) in [5, 5.41) is 6.46. The van der Waals surface area contributed by atoms with Crippen molar-refractivity contribution in [1.82, 2.24) is 10.2 Å². The van der Waals surface area contributed by atoms with Crippen molar-refractivity contribution >= 4 is 23.3 Å². The number of halogens is 1. The molecule has 0 aromatic heterocycles. The first-order valence-electron chi connectivity index (χ1n) is 8.28. The summed E-state index contributed by atoms with van der Waals surface area (Å²) in [6, 6.07) is 8.19. The molecule has 0 radical (unpaired) electrons. The number of piperidine rings is 1. The Morgan fingerprint density at radius 2 is 1.77 bits per heavy atom. The van der Waals surface area contributed by atoms with Crippen molar-refractivity contribution in [2.45, 2.75) is 50.6 Å². The van der Waals surface area contributed by atoms with Crippen LogP contribution < -0.4 is 10.6 Å². The van der Waals surface area contributed by atoms with Crippen molar-refractivity contribution in [1.29, 1.82) is 0 Å². The molecule has 0 atom stereocenters. The van der Waals surface area contributed by atoms with Gasteiger partial charge in [0.25, 0.3) is 0 Å². The van der Waals surface area contributed by atoms with Gasteiger partial charge >= 0.3 is 6.03 Å². The zero-order valence-corrected chi connectivity index (χ0v) is 13.6. The van der Waals surface area contributed by atoms with E-state index >= 15 is 0 Å². The third-order valence-corrected chi connectivity index (χ3v) is 5.16. The van der Waals surface area contributed by atoms with Crippen LogP contribution in [0.15, 0.2) is 24.3 Å². The number of likely N-dealkylation sites (tertiary alicyclic amines) is 1. The average Bonchev–Trinajstić information content (AvgIpc) is 3.05. The smallest absolute Gasteiger partial charge is 0.319 e. The lowest BCUT2D eigenvalue weighted by molar-refractivity contribution is 0.147. The number of benzene rings is 1. The number of nitrogens with zero attached hydrogens (tertiary/aromatic N) is 1. The Labute approximate surface area is 137 Å². The molecule has 5 heteroatoms. The van der Waals surface area contributed by atoms with Crippen molar-refractivity contribution in [3.8, 4) is 0 Å². The molecule has 1 heterocycles. The minimum absolute atomic E-state index is 0.160. The van der Waals surface area contributed by atoms with E-state index in [-0.39, 0.29) is 12.1 Å². The number of para-hydroxylation sites is 1. The molecule has 22 heavy (non-hydrogen) atoms. The van der Waals surface area contributed by atoms with Crippen LogP contribution in [0.2, 0.25) is 5.02 Å². The zero-order chi connectivity index (χ0) is 15.4. The van der Waals surface area contributed by atoms with E-state index in [0.717, 1.165) is 32.0 Å². The number of carbonyl (C=O) groups excluding carboxylic acids is 1. The number of rotatable bonds is 3. The van der Waals surface area contributed by atoms with Gasteiger partial charge in [-0.3, -0.25) is 0 Å². The zero-order valence-electron chi connectivity index (χ0n) is 12.9. The second-order valence-corrected chi connectivity index (χ2v) is 6.73. The predicted molar refractivity (Wildman–Crippen MR) is 90.5 cm³/mol. The third-order valence-electron chi connectivity index (χ3n) is 4.83. The molecule has 2 N–H and O–H groups in total. The highest BCUT2D eigenvalue weighted by Gasteiger charge is 2.27. The molecule has 4 nitrogen and oxygen atoms in total. The number of carbonyl (C=O) groups is 1. The topological polar surface area (TPSA) is 44.4 Å². The largest absolute Gasteiger partial charge is 0.335 e. The molecule has 2 aliphatic rings. The van der Waals surface area contributed by atoms with Gasteiger partial charge in [-0.25, -0.2) is 4.79 Å². The Bertz CT molecular complexity index is 508. The van der Waals surface area contributed by atoms with Crippen molar-refractivity contribution in [2.75, 3.05) is 18.4 Å². The summed E-state index contributed by atoms with van der Waals surface area (Å²) < 4.78 is 0. The minimum Gasteiger partial charge on any atom is -0.335 e. The summed E-state index contributed by atoms with van der Waals surface area (Å²) in [5.74, 6) is 0. The quantitative estimate of drug-likeness (QED) is 0.887. The van der Waals surface area contributed by atoms with Crippen LogP contribution >= 0.6 is 11.6 Å². The summed E-state index contributed by atoms with van der Waals surface area (Å²) in [7, 11) is 0. The predicted octanol–water partition coefficient (Wildman–Crippen LogP) is 3.87. The molecule has 1 saturated heterocycles. The summed E-state index contributed by atoms with van der Waals surface area (Å²) in [5.41, 5.74) is 0.657. The highest BCUT2D eigenvalue weighted by atomic mass is 35.5. The van der Waals surface area contributed by atoms with Gasteiger partial charge in [-0.05, 0) is 37.8 Å². The number of hydrogen-bond donors (Lipinski definition) is 2. The van der Waals surface area contributed by atoms with Crippen LogP contribution in [0.3, 0.4) is 0 Å². The molecule has 2 fully saturated rings. The van der Waals surface area contributed by atoms with Crippen LogP contribution in [0.25, 0.3) is 0 Å². The molecule has 0 unspecified atom stereocenters.